The molecule has 0 unspecified atom stereocenters. The molecule has 1 aromatic carbocycles. The summed E-state index contributed by atoms with van der Waals surface area (Å²) < 4.78 is 40.2. The topological polar surface area (TPSA) is 95.7 Å². The maximum atomic E-state index is 13.4. The van der Waals surface area contributed by atoms with Crippen LogP contribution in [0, 0.1) is 11.8 Å². The van der Waals surface area contributed by atoms with E-state index in [-0.39, 0.29) is 28.6 Å². The van der Waals surface area contributed by atoms with Crippen molar-refractivity contribution in [2.24, 2.45) is 17.6 Å². The standard InChI is InChI=1S/C18H20BrF3N4O3/c19-12-3-4-14(13(8-12)18(20,21)22)26(17(23)29)24-15(27)7-10-5-6-25(9-10)16(28)11-1-2-11/h3-4,8,10-11H,1-2,5-7,9H2,(H2,23,29)(H,24,27)/t10-/m0/s1. The van der Waals surface area contributed by atoms with Crippen molar-refractivity contribution >= 4 is 39.5 Å². The number of rotatable bonds is 4. The van der Waals surface area contributed by atoms with Crippen LogP contribution < -0.4 is 16.2 Å². The Balaban J connectivity index is 1.68. The number of nitrogens with zero attached hydrogens (tertiary/aromatic N) is 2. The zero-order valence-corrected chi connectivity index (χ0v) is 16.9. The first-order valence-corrected chi connectivity index (χ1v) is 9.90. The summed E-state index contributed by atoms with van der Waals surface area (Å²) in [7, 11) is 0. The summed E-state index contributed by atoms with van der Waals surface area (Å²) in [6.45, 7) is 0.975. The fourth-order valence-electron chi connectivity index (χ4n) is 3.38. The Bertz CT molecular complexity index is 829. The summed E-state index contributed by atoms with van der Waals surface area (Å²) in [5.41, 5.74) is 5.70. The average Bonchev–Trinajstić information content (AvgIpc) is 3.38. The van der Waals surface area contributed by atoms with Crippen molar-refractivity contribution in [3.8, 4) is 0 Å². The number of nitrogens with two attached hydrogens (primary N) is 1. The predicted molar refractivity (Wildman–Crippen MR) is 101 cm³/mol. The molecule has 1 saturated heterocycles. The van der Waals surface area contributed by atoms with Gasteiger partial charge in [-0.25, -0.2) is 9.80 Å². The number of hydrogen-bond acceptors (Lipinski definition) is 3. The molecule has 11 heteroatoms. The van der Waals surface area contributed by atoms with Gasteiger partial charge in [0.2, 0.25) is 11.8 Å². The van der Waals surface area contributed by atoms with Crippen LogP contribution in [0.2, 0.25) is 0 Å². The van der Waals surface area contributed by atoms with E-state index in [9.17, 15) is 27.6 Å². The smallest absolute Gasteiger partial charge is 0.350 e. The van der Waals surface area contributed by atoms with Crippen LogP contribution in [-0.2, 0) is 15.8 Å². The van der Waals surface area contributed by atoms with E-state index in [0.717, 1.165) is 25.0 Å². The molecule has 4 amide bonds. The lowest BCUT2D eigenvalue weighted by Gasteiger charge is -2.25. The summed E-state index contributed by atoms with van der Waals surface area (Å²) in [5, 5.41) is 0.402. The second-order valence-electron chi connectivity index (χ2n) is 7.29. The Morgan fingerprint density at radius 3 is 2.52 bits per heavy atom. The van der Waals surface area contributed by atoms with Crippen LogP contribution in [0.4, 0.5) is 23.7 Å². The van der Waals surface area contributed by atoms with Crippen molar-refractivity contribution in [2.45, 2.75) is 31.9 Å². The molecule has 158 valence electrons. The van der Waals surface area contributed by atoms with Crippen LogP contribution in [0.15, 0.2) is 22.7 Å². The number of amides is 4. The molecule has 2 fully saturated rings. The maximum absolute atomic E-state index is 13.4. The number of carbonyl (C=O) groups is 3. The summed E-state index contributed by atoms with van der Waals surface area (Å²) in [5.74, 6) is -0.590. The van der Waals surface area contributed by atoms with E-state index >= 15 is 0 Å². The average molecular weight is 477 g/mol. The van der Waals surface area contributed by atoms with Gasteiger partial charge in [-0.05, 0) is 43.4 Å². The van der Waals surface area contributed by atoms with Crippen LogP contribution in [0.5, 0.6) is 0 Å². The summed E-state index contributed by atoms with van der Waals surface area (Å²) in [6.07, 6.45) is -2.39. The molecule has 1 saturated carbocycles. The molecule has 29 heavy (non-hydrogen) atoms. The van der Waals surface area contributed by atoms with Gasteiger partial charge in [0.1, 0.15) is 0 Å². The van der Waals surface area contributed by atoms with E-state index < -0.39 is 29.4 Å². The van der Waals surface area contributed by atoms with Gasteiger partial charge in [0, 0.05) is 29.9 Å². The molecule has 0 radical (unpaired) electrons. The molecule has 1 heterocycles. The van der Waals surface area contributed by atoms with Crippen molar-refractivity contribution in [1.29, 1.82) is 0 Å². The number of halogens is 4. The molecule has 0 aromatic heterocycles. The monoisotopic (exact) mass is 476 g/mol. The quantitative estimate of drug-likeness (QED) is 0.653. The van der Waals surface area contributed by atoms with Gasteiger partial charge in [0.05, 0.1) is 11.3 Å². The fraction of sp³-hybridized carbons (Fsp3) is 0.500. The van der Waals surface area contributed by atoms with Crippen molar-refractivity contribution in [3.63, 3.8) is 0 Å². The van der Waals surface area contributed by atoms with E-state index in [1.807, 2.05) is 0 Å². The minimum atomic E-state index is -4.76. The number of urea groups is 1. The van der Waals surface area contributed by atoms with Crippen LogP contribution in [0.1, 0.15) is 31.2 Å². The lowest BCUT2D eigenvalue weighted by atomic mass is 10.0. The molecule has 0 spiro atoms. The minimum Gasteiger partial charge on any atom is -0.350 e. The van der Waals surface area contributed by atoms with Crippen LogP contribution in [-0.4, -0.2) is 35.8 Å². The molecule has 1 aliphatic heterocycles. The first-order chi connectivity index (χ1) is 13.6. The predicted octanol–water partition coefficient (Wildman–Crippen LogP) is 3.03. The van der Waals surface area contributed by atoms with Crippen LogP contribution in [0.25, 0.3) is 0 Å². The van der Waals surface area contributed by atoms with Crippen molar-refractivity contribution in [3.05, 3.63) is 28.2 Å². The number of nitrogens with one attached hydrogen (secondary N) is 1. The van der Waals surface area contributed by atoms with E-state index in [1.165, 1.54) is 6.07 Å². The third-order valence-corrected chi connectivity index (χ3v) is 5.45. The third-order valence-electron chi connectivity index (χ3n) is 4.96. The van der Waals surface area contributed by atoms with Gasteiger partial charge >= 0.3 is 12.2 Å². The Labute approximate surface area is 173 Å². The number of carbonyl (C=O) groups excluding carboxylic acids is 3. The normalized spacial score (nSPS) is 19.2. The van der Waals surface area contributed by atoms with Gasteiger partial charge in [-0.3, -0.25) is 15.0 Å². The number of primary amides is 1. The van der Waals surface area contributed by atoms with Crippen molar-refractivity contribution in [2.75, 3.05) is 18.1 Å². The summed E-state index contributed by atoms with van der Waals surface area (Å²) in [4.78, 5) is 38.0. The lowest BCUT2D eigenvalue weighted by Crippen LogP contribution is -2.50. The van der Waals surface area contributed by atoms with Gasteiger partial charge in [0.15, 0.2) is 0 Å². The molecular formula is C18H20BrF3N4O3. The second kappa shape index (κ2) is 8.21. The SMILES string of the molecule is NC(=O)N(NC(=O)C[C@@H]1CCN(C(=O)C2CC2)C1)c1ccc(Br)cc1C(F)(F)F. The van der Waals surface area contributed by atoms with E-state index in [1.54, 1.807) is 4.90 Å². The number of likely N-dealkylation sites (tertiary alicyclic amines) is 1. The molecule has 1 aliphatic carbocycles. The number of alkyl halides is 3. The lowest BCUT2D eigenvalue weighted by molar-refractivity contribution is -0.137. The highest BCUT2D eigenvalue weighted by molar-refractivity contribution is 9.10. The Kier molecular flexibility index (Phi) is 6.06. The van der Waals surface area contributed by atoms with Crippen molar-refractivity contribution in [1.82, 2.24) is 10.3 Å². The largest absolute Gasteiger partial charge is 0.418 e. The first-order valence-electron chi connectivity index (χ1n) is 9.11. The molecule has 0 bridgehead atoms. The van der Waals surface area contributed by atoms with Gasteiger partial charge in [-0.1, -0.05) is 15.9 Å². The molecule has 1 aromatic rings. The Morgan fingerprint density at radius 2 is 1.93 bits per heavy atom. The fourth-order valence-corrected chi connectivity index (χ4v) is 3.75. The number of hydrogen-bond donors (Lipinski definition) is 2. The zero-order chi connectivity index (χ0) is 21.3. The molecule has 7 nitrogen and oxygen atoms in total. The highest BCUT2D eigenvalue weighted by atomic mass is 79.9. The summed E-state index contributed by atoms with van der Waals surface area (Å²) >= 11 is 2.96. The van der Waals surface area contributed by atoms with E-state index in [4.69, 9.17) is 5.73 Å². The highest BCUT2D eigenvalue weighted by Gasteiger charge is 2.38. The van der Waals surface area contributed by atoms with Gasteiger partial charge in [-0.2, -0.15) is 13.2 Å². The van der Waals surface area contributed by atoms with Crippen molar-refractivity contribution < 1.29 is 27.6 Å². The molecular weight excluding hydrogens is 457 g/mol. The molecule has 1 atom stereocenters. The Morgan fingerprint density at radius 1 is 1.24 bits per heavy atom. The van der Waals surface area contributed by atoms with E-state index in [2.05, 4.69) is 21.4 Å². The third kappa shape index (κ3) is 5.20. The molecule has 3 N–H and O–H groups in total. The second-order valence-corrected chi connectivity index (χ2v) is 8.20. The zero-order valence-electron chi connectivity index (χ0n) is 15.3. The minimum absolute atomic E-state index is 0.0316. The van der Waals surface area contributed by atoms with Crippen LogP contribution >= 0.6 is 15.9 Å². The van der Waals surface area contributed by atoms with Gasteiger partial charge in [-0.15, -0.1) is 0 Å². The summed E-state index contributed by atoms with van der Waals surface area (Å²) in [6, 6.07) is 1.91. The Hall–Kier alpha value is -2.30. The van der Waals surface area contributed by atoms with Gasteiger partial charge < -0.3 is 10.6 Å². The van der Waals surface area contributed by atoms with Gasteiger partial charge in [0.25, 0.3) is 0 Å². The first kappa shape index (κ1) is 21.4. The number of hydrazine groups is 1. The van der Waals surface area contributed by atoms with Crippen LogP contribution in [0.3, 0.4) is 0 Å². The molecule has 3 rings (SSSR count). The number of benzene rings is 1. The molecule has 2 aliphatic rings. The van der Waals surface area contributed by atoms with E-state index in [0.29, 0.717) is 24.5 Å². The highest BCUT2D eigenvalue weighted by Crippen LogP contribution is 2.38. The number of anilines is 1. The maximum Gasteiger partial charge on any atom is 0.418 e.